The number of carbonyl (C=O) groups is 1. The Hall–Kier alpha value is -1.25. The van der Waals surface area contributed by atoms with Gasteiger partial charge >= 0.3 is 5.97 Å². The highest BCUT2D eigenvalue weighted by Crippen LogP contribution is 2.41. The molecule has 2 aliphatic rings. The van der Waals surface area contributed by atoms with Crippen LogP contribution in [-0.4, -0.2) is 55.4 Å². The topological polar surface area (TPSA) is 51.2 Å². The molecule has 0 saturated carbocycles. The fourth-order valence-corrected chi connectivity index (χ4v) is 4.62. The highest BCUT2D eigenvalue weighted by molar-refractivity contribution is 6.74. The van der Waals surface area contributed by atoms with Crippen LogP contribution in [-0.2, 0) is 14.1 Å². The maximum absolute atomic E-state index is 12.9. The van der Waals surface area contributed by atoms with E-state index in [-0.39, 0.29) is 23.3 Å². The smallest absolute Gasteiger partial charge is 0.338 e. The van der Waals surface area contributed by atoms with Crippen LogP contribution in [0.4, 0.5) is 0 Å². The van der Waals surface area contributed by atoms with E-state index >= 15 is 0 Å². The van der Waals surface area contributed by atoms with Crippen molar-refractivity contribution in [2.75, 3.05) is 13.1 Å². The molecule has 0 N–H and O–H groups in total. The van der Waals surface area contributed by atoms with Crippen LogP contribution < -0.4 is 0 Å². The van der Waals surface area contributed by atoms with E-state index in [9.17, 15) is 4.79 Å². The summed E-state index contributed by atoms with van der Waals surface area (Å²) in [4.78, 5) is 21.6. The Morgan fingerprint density at radius 3 is 2.30 bits per heavy atom. The summed E-state index contributed by atoms with van der Waals surface area (Å²) in [6.45, 7) is 17.0. The van der Waals surface area contributed by atoms with Crippen molar-refractivity contribution in [3.05, 3.63) is 35.9 Å². The lowest BCUT2D eigenvalue weighted by Gasteiger charge is -2.51. The molecule has 6 nitrogen and oxygen atoms in total. The van der Waals surface area contributed by atoms with Gasteiger partial charge in [-0.15, -0.1) is 0 Å². The predicted molar refractivity (Wildman–Crippen MR) is 120 cm³/mol. The summed E-state index contributed by atoms with van der Waals surface area (Å²) in [6, 6.07) is 9.20. The molecule has 7 heteroatoms. The number of hydrogen-bond acceptors (Lipinski definition) is 6. The summed E-state index contributed by atoms with van der Waals surface area (Å²) in [5.41, 5.74) is 0.0686. The number of ether oxygens (including phenoxy) is 1. The molecule has 0 bridgehead atoms. The molecule has 0 radical (unpaired) electrons. The number of carbonyl (C=O) groups excluding carboxylic acids is 1. The summed E-state index contributed by atoms with van der Waals surface area (Å²) in [5.74, 6) is -0.297. The number of benzene rings is 1. The van der Waals surface area contributed by atoms with Crippen LogP contribution in [0, 0.1) is 0 Å². The number of hydrogen-bond donors (Lipinski definition) is 0. The third kappa shape index (κ3) is 5.32. The van der Waals surface area contributed by atoms with Gasteiger partial charge in [0.15, 0.2) is 6.17 Å². The van der Waals surface area contributed by atoms with E-state index in [4.69, 9.17) is 14.1 Å². The van der Waals surface area contributed by atoms with E-state index in [1.165, 1.54) is 0 Å². The first-order chi connectivity index (χ1) is 13.9. The first kappa shape index (κ1) is 23.4. The highest BCUT2D eigenvalue weighted by atomic mass is 28.4. The Labute approximate surface area is 182 Å². The van der Waals surface area contributed by atoms with Gasteiger partial charge in [-0.05, 0) is 70.0 Å². The standard InChI is InChI=1S/C23H38N2O4Si/c1-22(2,3)30(6,7)29-25-20(24-15-11-12-16-24)19(17-23(4,5)28-25)27-21(26)18-13-9-8-10-14-18/h8-10,13-14,19-20H,11-12,15-17H2,1-7H3/t19-,20-/m0/s1. The van der Waals surface area contributed by atoms with Crippen molar-refractivity contribution in [3.63, 3.8) is 0 Å². The van der Waals surface area contributed by atoms with Crippen LogP contribution in [0.25, 0.3) is 0 Å². The summed E-state index contributed by atoms with van der Waals surface area (Å²) in [6.07, 6.45) is 2.29. The van der Waals surface area contributed by atoms with Gasteiger partial charge in [0.2, 0.25) is 8.32 Å². The summed E-state index contributed by atoms with van der Waals surface area (Å²) >= 11 is 0. The lowest BCUT2D eigenvalue weighted by molar-refractivity contribution is -0.437. The third-order valence-corrected chi connectivity index (χ3v) is 10.7. The molecular formula is C23H38N2O4Si. The van der Waals surface area contributed by atoms with Crippen LogP contribution in [0.1, 0.15) is 64.2 Å². The van der Waals surface area contributed by atoms with E-state index in [1.54, 1.807) is 17.4 Å². The van der Waals surface area contributed by atoms with Crippen molar-refractivity contribution in [2.45, 2.75) is 89.9 Å². The van der Waals surface area contributed by atoms with Gasteiger partial charge in [0.05, 0.1) is 11.2 Å². The van der Waals surface area contributed by atoms with Crippen molar-refractivity contribution in [1.29, 1.82) is 0 Å². The number of nitrogens with zero attached hydrogens (tertiary/aromatic N) is 2. The third-order valence-electron chi connectivity index (χ3n) is 6.49. The first-order valence-electron chi connectivity index (χ1n) is 11.1. The van der Waals surface area contributed by atoms with Gasteiger partial charge in [-0.2, -0.15) is 0 Å². The fraction of sp³-hybridized carbons (Fsp3) is 0.696. The first-order valence-corrected chi connectivity index (χ1v) is 14.0. The Bertz CT molecular complexity index is 726. The Balaban J connectivity index is 1.89. The van der Waals surface area contributed by atoms with E-state index in [1.807, 2.05) is 32.0 Å². The molecule has 2 saturated heterocycles. The van der Waals surface area contributed by atoms with Crippen LogP contribution in [0.2, 0.25) is 18.1 Å². The molecule has 3 rings (SSSR count). The van der Waals surface area contributed by atoms with Crippen LogP contribution in [0.5, 0.6) is 0 Å². The Morgan fingerprint density at radius 2 is 1.73 bits per heavy atom. The number of hydroxylamine groups is 2. The largest absolute Gasteiger partial charge is 0.455 e. The summed E-state index contributed by atoms with van der Waals surface area (Å²) in [7, 11) is -2.15. The molecule has 0 unspecified atom stereocenters. The van der Waals surface area contributed by atoms with Gasteiger partial charge in [0, 0.05) is 6.42 Å². The fourth-order valence-electron chi connectivity index (χ4n) is 3.75. The molecule has 1 aromatic rings. The van der Waals surface area contributed by atoms with Crippen molar-refractivity contribution in [3.8, 4) is 0 Å². The second-order valence-electron chi connectivity index (χ2n) is 10.7. The van der Waals surface area contributed by atoms with E-state index in [0.717, 1.165) is 25.9 Å². The van der Waals surface area contributed by atoms with Gasteiger partial charge in [0.25, 0.3) is 0 Å². The molecule has 168 valence electrons. The van der Waals surface area contributed by atoms with E-state index in [0.29, 0.717) is 12.0 Å². The van der Waals surface area contributed by atoms with Gasteiger partial charge in [-0.1, -0.05) is 44.2 Å². The minimum Gasteiger partial charge on any atom is -0.455 e. The molecule has 30 heavy (non-hydrogen) atoms. The van der Waals surface area contributed by atoms with Gasteiger partial charge in [-0.3, -0.25) is 9.74 Å². The van der Waals surface area contributed by atoms with Crippen molar-refractivity contribution < 1.29 is 18.9 Å². The maximum Gasteiger partial charge on any atom is 0.338 e. The zero-order valence-corrected chi connectivity index (χ0v) is 20.6. The van der Waals surface area contributed by atoms with Crippen molar-refractivity contribution >= 4 is 14.3 Å². The van der Waals surface area contributed by atoms with Crippen molar-refractivity contribution in [2.24, 2.45) is 0 Å². The molecule has 0 aromatic heterocycles. The van der Waals surface area contributed by atoms with Gasteiger partial charge in [-0.25, -0.2) is 4.79 Å². The number of rotatable bonds is 5. The van der Waals surface area contributed by atoms with E-state index < -0.39 is 13.9 Å². The zero-order valence-electron chi connectivity index (χ0n) is 19.6. The maximum atomic E-state index is 12.9. The number of likely N-dealkylation sites (tertiary alicyclic amines) is 1. The van der Waals surface area contributed by atoms with Crippen LogP contribution >= 0.6 is 0 Å². The van der Waals surface area contributed by atoms with Gasteiger partial charge < -0.3 is 9.26 Å². The van der Waals surface area contributed by atoms with E-state index in [2.05, 4.69) is 38.8 Å². The zero-order chi connectivity index (χ0) is 22.2. The highest BCUT2D eigenvalue weighted by Gasteiger charge is 2.51. The second kappa shape index (κ2) is 8.71. The molecule has 2 atom stereocenters. The second-order valence-corrected chi connectivity index (χ2v) is 15.4. The number of esters is 1. The predicted octanol–water partition coefficient (Wildman–Crippen LogP) is 4.99. The lowest BCUT2D eigenvalue weighted by Crippen LogP contribution is -2.65. The SMILES string of the molecule is CC1(C)C[C@H](OC(=O)c2ccccc2)[C@@H](N2CCCC2)N(O[Si](C)(C)C(C)(C)C)O1. The summed E-state index contributed by atoms with van der Waals surface area (Å²) < 4.78 is 12.7. The average molecular weight is 435 g/mol. The molecule has 2 heterocycles. The van der Waals surface area contributed by atoms with Crippen molar-refractivity contribution in [1.82, 2.24) is 10.1 Å². The molecule has 2 aliphatic heterocycles. The molecular weight excluding hydrogens is 396 g/mol. The summed E-state index contributed by atoms with van der Waals surface area (Å²) in [5, 5.41) is 1.72. The van der Waals surface area contributed by atoms with Crippen LogP contribution in [0.3, 0.4) is 0 Å². The van der Waals surface area contributed by atoms with Gasteiger partial charge in [0.1, 0.15) is 6.10 Å². The average Bonchev–Trinajstić information content (AvgIpc) is 3.14. The molecule has 0 aliphatic carbocycles. The minimum absolute atomic E-state index is 0.0315. The Morgan fingerprint density at radius 1 is 1.13 bits per heavy atom. The molecule has 1 aromatic carbocycles. The molecule has 0 spiro atoms. The molecule has 0 amide bonds. The minimum atomic E-state index is -2.15. The monoisotopic (exact) mass is 434 g/mol. The quantitative estimate of drug-likeness (QED) is 0.481. The normalized spacial score (nSPS) is 26.0. The molecule has 2 fully saturated rings. The van der Waals surface area contributed by atoms with Crippen LogP contribution in [0.15, 0.2) is 30.3 Å². The lowest BCUT2D eigenvalue weighted by atomic mass is 9.97. The Kier molecular flexibility index (Phi) is 6.79.